The van der Waals surface area contributed by atoms with Crippen LogP contribution in [0.4, 0.5) is 4.39 Å². The summed E-state index contributed by atoms with van der Waals surface area (Å²) in [6.45, 7) is 0.520. The minimum absolute atomic E-state index is 0.102. The van der Waals surface area contributed by atoms with Gasteiger partial charge in [0.1, 0.15) is 5.82 Å². The Morgan fingerprint density at radius 2 is 2.22 bits per heavy atom. The lowest BCUT2D eigenvalue weighted by molar-refractivity contribution is -0.132. The van der Waals surface area contributed by atoms with E-state index in [9.17, 15) is 14.3 Å². The summed E-state index contributed by atoms with van der Waals surface area (Å²) < 4.78 is 12.9. The van der Waals surface area contributed by atoms with Gasteiger partial charge in [0.05, 0.1) is 24.8 Å². The lowest BCUT2D eigenvalue weighted by Crippen LogP contribution is -2.42. The zero-order valence-electron chi connectivity index (χ0n) is 12.6. The molecule has 0 spiro atoms. The van der Waals surface area contributed by atoms with Gasteiger partial charge in [-0.3, -0.25) is 14.8 Å². The Morgan fingerprint density at radius 3 is 2.91 bits per heavy atom. The minimum atomic E-state index is -0.541. The van der Waals surface area contributed by atoms with E-state index in [0.717, 1.165) is 11.8 Å². The van der Waals surface area contributed by atoms with Crippen molar-refractivity contribution in [1.82, 2.24) is 14.9 Å². The van der Waals surface area contributed by atoms with E-state index in [1.165, 1.54) is 12.1 Å². The Hall–Kier alpha value is -2.34. The molecule has 0 radical (unpaired) electrons. The molecule has 2 aromatic rings. The van der Waals surface area contributed by atoms with Crippen molar-refractivity contribution >= 4 is 5.91 Å². The van der Waals surface area contributed by atoms with Gasteiger partial charge in [-0.15, -0.1) is 0 Å². The van der Waals surface area contributed by atoms with Crippen molar-refractivity contribution in [2.75, 3.05) is 6.54 Å². The van der Waals surface area contributed by atoms with Gasteiger partial charge in [0.2, 0.25) is 5.91 Å². The molecule has 1 fully saturated rings. The Morgan fingerprint density at radius 1 is 1.35 bits per heavy atom. The van der Waals surface area contributed by atoms with Crippen molar-refractivity contribution in [2.45, 2.75) is 31.4 Å². The highest BCUT2D eigenvalue weighted by atomic mass is 19.1. The van der Waals surface area contributed by atoms with Crippen molar-refractivity contribution < 1.29 is 14.3 Å². The van der Waals surface area contributed by atoms with Crippen molar-refractivity contribution in [3.8, 4) is 0 Å². The SMILES string of the molecule is O=C(Cc1ccc(F)cn1)N1CC[C@H](O)[C@@H]1Cc1cccnc1. The molecule has 1 aliphatic heterocycles. The number of hydrogen-bond acceptors (Lipinski definition) is 4. The van der Waals surface area contributed by atoms with Crippen molar-refractivity contribution in [1.29, 1.82) is 0 Å². The van der Waals surface area contributed by atoms with Crippen LogP contribution in [0.5, 0.6) is 0 Å². The lowest BCUT2D eigenvalue weighted by atomic mass is 10.0. The number of carbonyl (C=O) groups excluding carboxylic acids is 1. The van der Waals surface area contributed by atoms with Crippen LogP contribution in [0.15, 0.2) is 42.9 Å². The number of aliphatic hydroxyl groups excluding tert-OH is 1. The maximum absolute atomic E-state index is 12.9. The van der Waals surface area contributed by atoms with Crippen LogP contribution in [0.2, 0.25) is 0 Å². The van der Waals surface area contributed by atoms with Crippen LogP contribution in [-0.2, 0) is 17.6 Å². The second kappa shape index (κ2) is 6.83. The molecule has 1 saturated heterocycles. The monoisotopic (exact) mass is 315 g/mol. The van der Waals surface area contributed by atoms with E-state index < -0.39 is 11.9 Å². The summed E-state index contributed by atoms with van der Waals surface area (Å²) in [5.41, 5.74) is 1.51. The molecule has 0 unspecified atom stereocenters. The number of likely N-dealkylation sites (tertiary alicyclic amines) is 1. The van der Waals surface area contributed by atoms with E-state index in [1.54, 1.807) is 17.3 Å². The summed E-state index contributed by atoms with van der Waals surface area (Å²) in [6, 6.07) is 6.32. The third kappa shape index (κ3) is 3.71. The molecule has 120 valence electrons. The topological polar surface area (TPSA) is 66.3 Å². The van der Waals surface area contributed by atoms with Gasteiger partial charge in [-0.25, -0.2) is 4.39 Å². The van der Waals surface area contributed by atoms with Crippen LogP contribution in [0.3, 0.4) is 0 Å². The van der Waals surface area contributed by atoms with Gasteiger partial charge in [0.15, 0.2) is 0 Å². The largest absolute Gasteiger partial charge is 0.391 e. The highest BCUT2D eigenvalue weighted by molar-refractivity contribution is 5.79. The van der Waals surface area contributed by atoms with Crippen molar-refractivity contribution in [2.24, 2.45) is 0 Å². The number of nitrogens with zero attached hydrogens (tertiary/aromatic N) is 3. The molecule has 3 heterocycles. The van der Waals surface area contributed by atoms with Crippen LogP contribution >= 0.6 is 0 Å². The Balaban J connectivity index is 1.69. The smallest absolute Gasteiger partial charge is 0.228 e. The van der Waals surface area contributed by atoms with Gasteiger partial charge in [-0.05, 0) is 36.6 Å². The fourth-order valence-electron chi connectivity index (χ4n) is 2.92. The summed E-state index contributed by atoms with van der Waals surface area (Å²) in [4.78, 5) is 22.2. The summed E-state index contributed by atoms with van der Waals surface area (Å²) in [7, 11) is 0. The van der Waals surface area contributed by atoms with E-state index in [0.29, 0.717) is 25.1 Å². The molecule has 6 heteroatoms. The molecule has 0 aliphatic carbocycles. The summed E-state index contributed by atoms with van der Waals surface area (Å²) >= 11 is 0. The van der Waals surface area contributed by atoms with E-state index in [-0.39, 0.29) is 18.4 Å². The molecule has 1 amide bonds. The lowest BCUT2D eigenvalue weighted by Gasteiger charge is -2.26. The van der Waals surface area contributed by atoms with Crippen LogP contribution in [-0.4, -0.2) is 44.6 Å². The first-order valence-electron chi connectivity index (χ1n) is 7.60. The second-order valence-electron chi connectivity index (χ2n) is 5.72. The van der Waals surface area contributed by atoms with Gasteiger partial charge in [0, 0.05) is 24.6 Å². The predicted molar refractivity (Wildman–Crippen MR) is 82.0 cm³/mol. The number of pyridine rings is 2. The molecule has 1 aliphatic rings. The molecular weight excluding hydrogens is 297 g/mol. The van der Waals surface area contributed by atoms with Gasteiger partial charge >= 0.3 is 0 Å². The van der Waals surface area contributed by atoms with Gasteiger partial charge in [-0.2, -0.15) is 0 Å². The Labute approximate surface area is 133 Å². The van der Waals surface area contributed by atoms with Crippen LogP contribution in [0.1, 0.15) is 17.7 Å². The predicted octanol–water partition coefficient (Wildman–Crippen LogP) is 1.36. The third-order valence-electron chi connectivity index (χ3n) is 4.12. The molecule has 0 aromatic carbocycles. The Bertz CT molecular complexity index is 663. The number of aromatic nitrogens is 2. The van der Waals surface area contributed by atoms with Crippen LogP contribution in [0, 0.1) is 5.82 Å². The number of rotatable bonds is 4. The standard InChI is InChI=1S/C17H18FN3O2/c18-13-3-4-14(20-11-13)9-17(23)21-7-5-16(22)15(21)8-12-2-1-6-19-10-12/h1-4,6,10-11,15-16,22H,5,7-9H2/t15-,16-/m0/s1. The van der Waals surface area contributed by atoms with Crippen LogP contribution < -0.4 is 0 Å². The number of halogens is 1. The van der Waals surface area contributed by atoms with Crippen molar-refractivity contribution in [3.63, 3.8) is 0 Å². The fraction of sp³-hybridized carbons (Fsp3) is 0.353. The maximum Gasteiger partial charge on any atom is 0.228 e. The highest BCUT2D eigenvalue weighted by Crippen LogP contribution is 2.22. The van der Waals surface area contributed by atoms with E-state index in [4.69, 9.17) is 0 Å². The molecule has 23 heavy (non-hydrogen) atoms. The van der Waals surface area contributed by atoms with Gasteiger partial charge in [-0.1, -0.05) is 6.07 Å². The molecule has 5 nitrogen and oxygen atoms in total. The van der Waals surface area contributed by atoms with Gasteiger partial charge in [0.25, 0.3) is 0 Å². The molecule has 3 rings (SSSR count). The zero-order chi connectivity index (χ0) is 16.2. The first kappa shape index (κ1) is 15.6. The van der Waals surface area contributed by atoms with Crippen LogP contribution in [0.25, 0.3) is 0 Å². The Kier molecular flexibility index (Phi) is 4.62. The van der Waals surface area contributed by atoms with Gasteiger partial charge < -0.3 is 10.0 Å². The summed E-state index contributed by atoms with van der Waals surface area (Å²) in [5.74, 6) is -0.526. The zero-order valence-corrected chi connectivity index (χ0v) is 12.6. The quantitative estimate of drug-likeness (QED) is 0.925. The third-order valence-corrected chi connectivity index (χ3v) is 4.12. The summed E-state index contributed by atoms with van der Waals surface area (Å²) in [6.07, 6.45) is 5.24. The molecule has 1 N–H and O–H groups in total. The average Bonchev–Trinajstić information content (AvgIpc) is 2.92. The normalized spacial score (nSPS) is 20.7. The molecular formula is C17H18FN3O2. The molecule has 0 bridgehead atoms. The summed E-state index contributed by atoms with van der Waals surface area (Å²) in [5, 5.41) is 10.2. The van der Waals surface area contributed by atoms with E-state index in [1.807, 2.05) is 12.1 Å². The minimum Gasteiger partial charge on any atom is -0.391 e. The van der Waals surface area contributed by atoms with E-state index in [2.05, 4.69) is 9.97 Å². The first-order chi connectivity index (χ1) is 11.1. The molecule has 0 saturated carbocycles. The first-order valence-corrected chi connectivity index (χ1v) is 7.60. The number of aliphatic hydroxyl groups is 1. The fourth-order valence-corrected chi connectivity index (χ4v) is 2.92. The van der Waals surface area contributed by atoms with E-state index >= 15 is 0 Å². The number of carbonyl (C=O) groups is 1. The molecule has 2 atom stereocenters. The number of amides is 1. The molecule has 2 aromatic heterocycles. The van der Waals surface area contributed by atoms with Crippen molar-refractivity contribution in [3.05, 3.63) is 59.9 Å². The highest BCUT2D eigenvalue weighted by Gasteiger charge is 2.35. The number of hydrogen-bond donors (Lipinski definition) is 1. The second-order valence-corrected chi connectivity index (χ2v) is 5.72. The maximum atomic E-state index is 12.9. The average molecular weight is 315 g/mol.